The van der Waals surface area contributed by atoms with Gasteiger partial charge in [-0.3, -0.25) is 14.5 Å². The summed E-state index contributed by atoms with van der Waals surface area (Å²) in [7, 11) is 0. The van der Waals surface area contributed by atoms with Crippen LogP contribution in [0.1, 0.15) is 31.0 Å². The minimum absolute atomic E-state index is 0.0561. The lowest BCUT2D eigenvalue weighted by molar-refractivity contribution is -0.132. The summed E-state index contributed by atoms with van der Waals surface area (Å²) in [6, 6.07) is 17.6. The van der Waals surface area contributed by atoms with E-state index in [0.717, 1.165) is 0 Å². The number of rotatable bonds is 7. The molecule has 1 amide bonds. The number of aliphatic hydroxyl groups excluding tert-OH is 1. The number of benzene rings is 3. The molecule has 0 radical (unpaired) electrons. The maximum absolute atomic E-state index is 13.3. The van der Waals surface area contributed by atoms with E-state index >= 15 is 0 Å². The van der Waals surface area contributed by atoms with Crippen molar-refractivity contribution in [3.8, 4) is 11.5 Å². The Labute approximate surface area is 213 Å². The van der Waals surface area contributed by atoms with Gasteiger partial charge in [0, 0.05) is 17.3 Å². The molecule has 180 valence electrons. The van der Waals surface area contributed by atoms with Crippen molar-refractivity contribution in [1.82, 2.24) is 0 Å². The molecule has 1 atom stereocenters. The summed E-state index contributed by atoms with van der Waals surface area (Å²) >= 11 is 12.2. The van der Waals surface area contributed by atoms with Crippen LogP contribution in [0.3, 0.4) is 0 Å². The normalized spacial score (nSPS) is 17.0. The lowest BCUT2D eigenvalue weighted by Crippen LogP contribution is -2.29. The number of carbonyl (C=O) groups excluding carboxylic acids is 2. The van der Waals surface area contributed by atoms with Crippen LogP contribution in [-0.2, 0) is 9.59 Å². The molecule has 1 saturated heterocycles. The van der Waals surface area contributed by atoms with Gasteiger partial charge in [-0.1, -0.05) is 41.4 Å². The maximum Gasteiger partial charge on any atom is 0.300 e. The van der Waals surface area contributed by atoms with Crippen LogP contribution in [0.2, 0.25) is 10.0 Å². The standard InChI is InChI=1S/C27H23Cl2NO5/c1-3-34-19-11-8-16(9-12-19)24-23(25(31)17-10-13-21(28)22(29)14-17)26(32)27(33)30(24)18-6-5-7-20(15-18)35-4-2/h5-15,24,31H,3-4H2,1-2H3/b25-23+. The first kappa shape index (κ1) is 24.6. The Morgan fingerprint density at radius 3 is 2.23 bits per heavy atom. The highest BCUT2D eigenvalue weighted by molar-refractivity contribution is 6.51. The number of Topliss-reactive ketones (excluding diaryl/α,β-unsaturated/α-hetero) is 1. The lowest BCUT2D eigenvalue weighted by Gasteiger charge is -2.26. The van der Waals surface area contributed by atoms with Crippen LogP contribution >= 0.6 is 23.2 Å². The quantitative estimate of drug-likeness (QED) is 0.225. The number of hydrogen-bond donors (Lipinski definition) is 1. The van der Waals surface area contributed by atoms with E-state index in [2.05, 4.69) is 0 Å². The fraction of sp³-hybridized carbons (Fsp3) is 0.185. The van der Waals surface area contributed by atoms with Crippen molar-refractivity contribution in [1.29, 1.82) is 0 Å². The van der Waals surface area contributed by atoms with Gasteiger partial charge in [0.1, 0.15) is 17.3 Å². The molecule has 3 aromatic carbocycles. The number of hydrogen-bond acceptors (Lipinski definition) is 5. The summed E-state index contributed by atoms with van der Waals surface area (Å²) < 4.78 is 11.1. The molecule has 1 aliphatic rings. The molecule has 0 aliphatic carbocycles. The van der Waals surface area contributed by atoms with Crippen molar-refractivity contribution in [3.63, 3.8) is 0 Å². The zero-order valence-corrected chi connectivity index (χ0v) is 20.6. The van der Waals surface area contributed by atoms with Gasteiger partial charge in [-0.2, -0.15) is 0 Å². The van der Waals surface area contributed by atoms with E-state index in [4.69, 9.17) is 32.7 Å². The second-order valence-corrected chi connectivity index (χ2v) is 8.54. The number of aliphatic hydroxyl groups is 1. The summed E-state index contributed by atoms with van der Waals surface area (Å²) in [6.45, 7) is 4.68. The average Bonchev–Trinajstić information content (AvgIpc) is 3.12. The van der Waals surface area contributed by atoms with Gasteiger partial charge < -0.3 is 14.6 Å². The minimum atomic E-state index is -0.892. The van der Waals surface area contributed by atoms with Crippen molar-refractivity contribution < 1.29 is 24.2 Å². The number of ether oxygens (including phenoxy) is 2. The van der Waals surface area contributed by atoms with Crippen molar-refractivity contribution in [2.45, 2.75) is 19.9 Å². The number of carbonyl (C=O) groups is 2. The lowest BCUT2D eigenvalue weighted by atomic mass is 9.95. The maximum atomic E-state index is 13.3. The molecule has 35 heavy (non-hydrogen) atoms. The Hall–Kier alpha value is -3.48. The highest BCUT2D eigenvalue weighted by Crippen LogP contribution is 2.43. The van der Waals surface area contributed by atoms with E-state index in [1.165, 1.54) is 17.0 Å². The topological polar surface area (TPSA) is 76.1 Å². The van der Waals surface area contributed by atoms with Crippen LogP contribution < -0.4 is 14.4 Å². The number of ketones is 1. The third-order valence-electron chi connectivity index (χ3n) is 5.55. The molecule has 0 spiro atoms. The predicted molar refractivity (Wildman–Crippen MR) is 136 cm³/mol. The van der Waals surface area contributed by atoms with Crippen LogP contribution in [-0.4, -0.2) is 30.0 Å². The molecular weight excluding hydrogens is 489 g/mol. The second-order valence-electron chi connectivity index (χ2n) is 7.73. The molecule has 3 aromatic rings. The predicted octanol–water partition coefficient (Wildman–Crippen LogP) is 6.42. The van der Waals surface area contributed by atoms with Crippen molar-refractivity contribution >= 4 is 46.3 Å². The fourth-order valence-electron chi connectivity index (χ4n) is 4.02. The van der Waals surface area contributed by atoms with Crippen molar-refractivity contribution in [2.24, 2.45) is 0 Å². The van der Waals surface area contributed by atoms with E-state index in [1.807, 2.05) is 13.8 Å². The van der Waals surface area contributed by atoms with Gasteiger partial charge >= 0.3 is 0 Å². The van der Waals surface area contributed by atoms with Crippen LogP contribution in [0.25, 0.3) is 5.76 Å². The Kier molecular flexibility index (Phi) is 7.34. The van der Waals surface area contributed by atoms with Gasteiger partial charge in [-0.15, -0.1) is 0 Å². The summed E-state index contributed by atoms with van der Waals surface area (Å²) in [5, 5.41) is 11.7. The first-order chi connectivity index (χ1) is 16.8. The molecule has 1 aliphatic heterocycles. The molecule has 6 nitrogen and oxygen atoms in total. The van der Waals surface area contributed by atoms with E-state index in [9.17, 15) is 14.7 Å². The Balaban J connectivity index is 1.90. The van der Waals surface area contributed by atoms with E-state index in [-0.39, 0.29) is 21.9 Å². The zero-order valence-electron chi connectivity index (χ0n) is 19.1. The smallest absolute Gasteiger partial charge is 0.300 e. The molecule has 1 N–H and O–H groups in total. The van der Waals surface area contributed by atoms with E-state index < -0.39 is 17.7 Å². The second kappa shape index (κ2) is 10.4. The van der Waals surface area contributed by atoms with Crippen LogP contribution in [0.15, 0.2) is 72.3 Å². The molecule has 4 rings (SSSR count). The van der Waals surface area contributed by atoms with E-state index in [1.54, 1.807) is 54.6 Å². The van der Waals surface area contributed by atoms with Gasteiger partial charge in [0.25, 0.3) is 11.7 Å². The largest absolute Gasteiger partial charge is 0.507 e. The average molecular weight is 512 g/mol. The van der Waals surface area contributed by atoms with Crippen molar-refractivity contribution in [3.05, 3.63) is 93.5 Å². The third-order valence-corrected chi connectivity index (χ3v) is 6.29. The Morgan fingerprint density at radius 2 is 1.57 bits per heavy atom. The Morgan fingerprint density at radius 1 is 0.886 bits per heavy atom. The molecule has 8 heteroatoms. The minimum Gasteiger partial charge on any atom is -0.507 e. The summed E-state index contributed by atoms with van der Waals surface area (Å²) in [4.78, 5) is 28.0. The van der Waals surface area contributed by atoms with Gasteiger partial charge in [-0.25, -0.2) is 0 Å². The van der Waals surface area contributed by atoms with Gasteiger partial charge in [0.2, 0.25) is 0 Å². The highest BCUT2D eigenvalue weighted by atomic mass is 35.5. The molecule has 0 aromatic heterocycles. The van der Waals surface area contributed by atoms with Gasteiger partial charge in [0.15, 0.2) is 0 Å². The number of nitrogens with zero attached hydrogens (tertiary/aromatic N) is 1. The van der Waals surface area contributed by atoms with Crippen LogP contribution in [0.5, 0.6) is 11.5 Å². The summed E-state index contributed by atoms with van der Waals surface area (Å²) in [6.07, 6.45) is 0. The van der Waals surface area contributed by atoms with E-state index in [0.29, 0.717) is 41.0 Å². The molecular formula is C27H23Cl2NO5. The number of anilines is 1. The fourth-order valence-corrected chi connectivity index (χ4v) is 4.31. The third kappa shape index (κ3) is 4.85. The van der Waals surface area contributed by atoms with Crippen molar-refractivity contribution in [2.75, 3.05) is 18.1 Å². The SMILES string of the molecule is CCOc1ccc(C2/C(=C(\O)c3ccc(Cl)c(Cl)c3)C(=O)C(=O)N2c2cccc(OCC)c2)cc1. The van der Waals surface area contributed by atoms with Gasteiger partial charge in [-0.05, 0) is 61.9 Å². The molecule has 0 saturated carbocycles. The molecule has 1 fully saturated rings. The number of halogens is 2. The molecule has 1 heterocycles. The number of amides is 1. The first-order valence-electron chi connectivity index (χ1n) is 11.1. The van der Waals surface area contributed by atoms with Crippen LogP contribution in [0.4, 0.5) is 5.69 Å². The van der Waals surface area contributed by atoms with Crippen LogP contribution in [0, 0.1) is 0 Å². The summed E-state index contributed by atoms with van der Waals surface area (Å²) in [5.74, 6) is -0.712. The highest BCUT2D eigenvalue weighted by Gasteiger charge is 2.47. The first-order valence-corrected chi connectivity index (χ1v) is 11.8. The molecule has 0 bridgehead atoms. The monoisotopic (exact) mass is 511 g/mol. The van der Waals surface area contributed by atoms with Gasteiger partial charge in [0.05, 0.1) is 34.9 Å². The zero-order chi connectivity index (χ0) is 25.1. The summed E-state index contributed by atoms with van der Waals surface area (Å²) in [5.41, 5.74) is 1.30. The Bertz CT molecular complexity index is 1300. The molecule has 1 unspecified atom stereocenters.